The molecule has 0 aliphatic carbocycles. The lowest BCUT2D eigenvalue weighted by atomic mass is 10.1. The molecular formula is C19H21N5O3. The van der Waals surface area contributed by atoms with Crippen LogP contribution >= 0.6 is 0 Å². The first kappa shape index (κ1) is 18.2. The average Bonchev–Trinajstić information content (AvgIpc) is 3.13. The molecule has 4 N–H and O–H groups in total. The number of aromatic nitrogens is 3. The number of amides is 1. The molecule has 0 aliphatic rings. The molecule has 1 aromatic heterocycles. The maximum atomic E-state index is 12.1. The van der Waals surface area contributed by atoms with E-state index in [4.69, 9.17) is 15.2 Å². The third kappa shape index (κ3) is 4.55. The second-order valence-electron chi connectivity index (χ2n) is 5.87. The van der Waals surface area contributed by atoms with Crippen molar-refractivity contribution in [1.29, 1.82) is 0 Å². The van der Waals surface area contributed by atoms with Crippen molar-refractivity contribution in [2.45, 2.75) is 13.0 Å². The number of carbonyl (C=O) groups is 1. The lowest BCUT2D eigenvalue weighted by Gasteiger charge is -2.08. The summed E-state index contributed by atoms with van der Waals surface area (Å²) in [5, 5.41) is 9.83. The summed E-state index contributed by atoms with van der Waals surface area (Å²) < 4.78 is 10.5. The molecule has 0 unspecified atom stereocenters. The molecule has 0 atom stereocenters. The van der Waals surface area contributed by atoms with E-state index in [2.05, 4.69) is 20.5 Å². The zero-order valence-electron chi connectivity index (χ0n) is 15.2. The van der Waals surface area contributed by atoms with Gasteiger partial charge in [0.1, 0.15) is 5.82 Å². The third-order valence-corrected chi connectivity index (χ3v) is 3.98. The van der Waals surface area contributed by atoms with E-state index in [0.717, 1.165) is 5.56 Å². The van der Waals surface area contributed by atoms with Gasteiger partial charge in [0.25, 0.3) is 5.91 Å². The smallest absolute Gasteiger partial charge is 0.251 e. The number of nitrogen functional groups attached to an aromatic ring is 1. The minimum Gasteiger partial charge on any atom is -0.493 e. The van der Waals surface area contributed by atoms with Crippen LogP contribution in [-0.4, -0.2) is 35.3 Å². The second kappa shape index (κ2) is 8.22. The Bertz CT molecular complexity index is 921. The zero-order valence-corrected chi connectivity index (χ0v) is 15.2. The number of nitrogens with one attached hydrogen (secondary N) is 2. The molecule has 0 aliphatic heterocycles. The number of hydrogen-bond donors (Lipinski definition) is 3. The highest BCUT2D eigenvalue weighted by atomic mass is 16.5. The number of nitrogens with two attached hydrogens (primary N) is 1. The fourth-order valence-corrected chi connectivity index (χ4v) is 2.57. The van der Waals surface area contributed by atoms with E-state index in [1.807, 2.05) is 18.2 Å². The summed E-state index contributed by atoms with van der Waals surface area (Å²) in [5.74, 6) is 2.32. The molecule has 3 aromatic rings. The first-order valence-electron chi connectivity index (χ1n) is 8.34. The predicted molar refractivity (Wildman–Crippen MR) is 101 cm³/mol. The first-order chi connectivity index (χ1) is 13.1. The summed E-state index contributed by atoms with van der Waals surface area (Å²) in [6.45, 7) is 0.252. The summed E-state index contributed by atoms with van der Waals surface area (Å²) in [6.07, 6.45) is 0.531. The van der Waals surface area contributed by atoms with Gasteiger partial charge in [-0.05, 0) is 42.0 Å². The number of rotatable bonds is 7. The van der Waals surface area contributed by atoms with Crippen LogP contribution in [0.5, 0.6) is 11.5 Å². The number of aromatic amines is 1. The fraction of sp³-hybridized carbons (Fsp3) is 0.211. The number of methoxy groups -OCH3 is 2. The molecule has 0 saturated carbocycles. The summed E-state index contributed by atoms with van der Waals surface area (Å²) in [6, 6.07) is 12.4. The van der Waals surface area contributed by atoms with Gasteiger partial charge >= 0.3 is 0 Å². The van der Waals surface area contributed by atoms with Gasteiger partial charge in [-0.25, -0.2) is 4.98 Å². The Morgan fingerprint density at radius 3 is 2.56 bits per heavy atom. The van der Waals surface area contributed by atoms with E-state index in [1.54, 1.807) is 38.5 Å². The number of H-pyrrole nitrogens is 1. The molecule has 1 amide bonds. The van der Waals surface area contributed by atoms with Crippen LogP contribution in [0.3, 0.4) is 0 Å². The van der Waals surface area contributed by atoms with Gasteiger partial charge in [0.2, 0.25) is 0 Å². The molecule has 27 heavy (non-hydrogen) atoms. The van der Waals surface area contributed by atoms with E-state index in [0.29, 0.717) is 40.8 Å². The molecule has 3 rings (SSSR count). The van der Waals surface area contributed by atoms with Crippen LogP contribution in [0.15, 0.2) is 42.5 Å². The van der Waals surface area contributed by atoms with Crippen LogP contribution in [0.2, 0.25) is 0 Å². The fourth-order valence-electron chi connectivity index (χ4n) is 2.57. The van der Waals surface area contributed by atoms with Gasteiger partial charge in [-0.15, -0.1) is 0 Å². The van der Waals surface area contributed by atoms with Crippen molar-refractivity contribution in [2.75, 3.05) is 20.0 Å². The second-order valence-corrected chi connectivity index (χ2v) is 5.87. The minimum absolute atomic E-state index is 0.201. The van der Waals surface area contributed by atoms with Crippen molar-refractivity contribution in [3.8, 4) is 11.5 Å². The van der Waals surface area contributed by atoms with Crippen LogP contribution in [-0.2, 0) is 13.0 Å². The highest BCUT2D eigenvalue weighted by Gasteiger charge is 2.10. The normalized spacial score (nSPS) is 10.4. The maximum Gasteiger partial charge on any atom is 0.251 e. The summed E-state index contributed by atoms with van der Waals surface area (Å²) in [7, 11) is 3.19. The van der Waals surface area contributed by atoms with Gasteiger partial charge in [0, 0.05) is 17.7 Å². The lowest BCUT2D eigenvalue weighted by Crippen LogP contribution is -2.23. The van der Waals surface area contributed by atoms with Crippen molar-refractivity contribution in [3.63, 3.8) is 0 Å². The van der Waals surface area contributed by atoms with Crippen molar-refractivity contribution < 1.29 is 14.3 Å². The van der Waals surface area contributed by atoms with Crippen LogP contribution in [0.4, 0.5) is 5.69 Å². The van der Waals surface area contributed by atoms with Gasteiger partial charge in [-0.3, -0.25) is 9.89 Å². The van der Waals surface area contributed by atoms with Crippen molar-refractivity contribution >= 4 is 11.6 Å². The van der Waals surface area contributed by atoms with E-state index in [9.17, 15) is 4.79 Å². The number of benzene rings is 2. The minimum atomic E-state index is -0.201. The standard InChI is InChI=1S/C19H21N5O3/c1-26-15-8-3-12(9-16(15)27-2)10-17-22-18(24-23-17)11-21-19(25)13-4-6-14(20)7-5-13/h3-9H,10-11,20H2,1-2H3,(H,21,25)(H,22,23,24). The van der Waals surface area contributed by atoms with Crippen LogP contribution in [0.25, 0.3) is 0 Å². The van der Waals surface area contributed by atoms with Crippen molar-refractivity contribution in [1.82, 2.24) is 20.5 Å². The van der Waals surface area contributed by atoms with E-state index in [-0.39, 0.29) is 12.5 Å². The van der Waals surface area contributed by atoms with Crippen molar-refractivity contribution in [3.05, 3.63) is 65.2 Å². The molecule has 8 nitrogen and oxygen atoms in total. The van der Waals surface area contributed by atoms with Crippen LogP contribution < -0.4 is 20.5 Å². The predicted octanol–water partition coefficient (Wildman–Crippen LogP) is 1.92. The SMILES string of the molecule is COc1ccc(Cc2n[nH]c(CNC(=O)c3ccc(N)cc3)n2)cc1OC. The Morgan fingerprint density at radius 2 is 1.85 bits per heavy atom. The molecule has 0 bridgehead atoms. The quantitative estimate of drug-likeness (QED) is 0.550. The third-order valence-electron chi connectivity index (χ3n) is 3.98. The molecule has 140 valence electrons. The van der Waals surface area contributed by atoms with E-state index >= 15 is 0 Å². The number of ether oxygens (including phenoxy) is 2. The average molecular weight is 367 g/mol. The van der Waals surface area contributed by atoms with E-state index < -0.39 is 0 Å². The van der Waals surface area contributed by atoms with Crippen LogP contribution in [0, 0.1) is 0 Å². The largest absolute Gasteiger partial charge is 0.493 e. The highest BCUT2D eigenvalue weighted by molar-refractivity contribution is 5.94. The number of carbonyl (C=O) groups excluding carboxylic acids is 1. The van der Waals surface area contributed by atoms with Gasteiger partial charge in [-0.2, -0.15) is 5.10 Å². The highest BCUT2D eigenvalue weighted by Crippen LogP contribution is 2.28. The van der Waals surface area contributed by atoms with E-state index in [1.165, 1.54) is 0 Å². The molecule has 2 aromatic carbocycles. The Morgan fingerprint density at radius 1 is 1.11 bits per heavy atom. The maximum absolute atomic E-state index is 12.1. The Hall–Kier alpha value is -3.55. The molecule has 0 spiro atoms. The molecule has 1 heterocycles. The number of nitrogens with zero attached hydrogens (tertiary/aromatic N) is 2. The number of anilines is 1. The summed E-state index contributed by atoms with van der Waals surface area (Å²) in [4.78, 5) is 16.5. The van der Waals surface area contributed by atoms with Gasteiger partial charge in [0.15, 0.2) is 17.3 Å². The Kier molecular flexibility index (Phi) is 5.55. The molecule has 0 radical (unpaired) electrons. The van der Waals surface area contributed by atoms with Crippen molar-refractivity contribution in [2.24, 2.45) is 0 Å². The number of hydrogen-bond acceptors (Lipinski definition) is 6. The van der Waals surface area contributed by atoms with Gasteiger partial charge in [-0.1, -0.05) is 6.07 Å². The molecule has 8 heteroatoms. The topological polar surface area (TPSA) is 115 Å². The first-order valence-corrected chi connectivity index (χ1v) is 8.34. The zero-order chi connectivity index (χ0) is 19.2. The monoisotopic (exact) mass is 367 g/mol. The van der Waals surface area contributed by atoms with Gasteiger partial charge in [0.05, 0.1) is 20.8 Å². The molecular weight excluding hydrogens is 346 g/mol. The summed E-state index contributed by atoms with van der Waals surface area (Å²) >= 11 is 0. The molecule has 0 saturated heterocycles. The Labute approximate surface area is 156 Å². The van der Waals surface area contributed by atoms with Gasteiger partial charge < -0.3 is 20.5 Å². The Balaban J connectivity index is 1.60. The molecule has 0 fully saturated rings. The van der Waals surface area contributed by atoms with Crippen LogP contribution in [0.1, 0.15) is 27.6 Å². The lowest BCUT2D eigenvalue weighted by molar-refractivity contribution is 0.0950. The summed E-state index contributed by atoms with van der Waals surface area (Å²) in [5.41, 5.74) is 7.76.